The number of hydrogen-bond acceptors (Lipinski definition) is 3. The summed E-state index contributed by atoms with van der Waals surface area (Å²) in [5.41, 5.74) is 2.49. The molecule has 0 aliphatic carbocycles. The van der Waals surface area contributed by atoms with Crippen LogP contribution < -0.4 is 5.32 Å². The van der Waals surface area contributed by atoms with E-state index in [1.165, 1.54) is 18.2 Å². The minimum Gasteiger partial charge on any atom is -0.469 e. The number of carbonyl (C=O) groups excluding carboxylic acids is 1. The first kappa shape index (κ1) is 15.0. The molecule has 0 radical (unpaired) electrons. The Hall–Kier alpha value is -1.06. The highest BCUT2D eigenvalue weighted by Gasteiger charge is 2.32. The maximum atomic E-state index is 11.8. The minimum absolute atomic E-state index is 0. The zero-order chi connectivity index (χ0) is 12.3. The Morgan fingerprint density at radius 2 is 2.22 bits per heavy atom. The average Bonchev–Trinajstić information content (AvgIpc) is 2.38. The highest BCUT2D eigenvalue weighted by molar-refractivity contribution is 5.85. The Morgan fingerprint density at radius 1 is 1.44 bits per heavy atom. The maximum Gasteiger partial charge on any atom is 0.310 e. The van der Waals surface area contributed by atoms with Crippen LogP contribution in [0.15, 0.2) is 24.3 Å². The van der Waals surface area contributed by atoms with Crippen molar-refractivity contribution < 1.29 is 9.53 Å². The van der Waals surface area contributed by atoms with Crippen molar-refractivity contribution in [3.05, 3.63) is 35.4 Å². The van der Waals surface area contributed by atoms with E-state index in [-0.39, 0.29) is 30.2 Å². The molecule has 1 aromatic carbocycles. The molecule has 2 unspecified atom stereocenters. The van der Waals surface area contributed by atoms with Crippen LogP contribution in [0.5, 0.6) is 0 Å². The predicted octanol–water partition coefficient (Wildman–Crippen LogP) is 2.28. The van der Waals surface area contributed by atoms with E-state index in [0.717, 1.165) is 13.0 Å². The van der Waals surface area contributed by atoms with Crippen molar-refractivity contribution in [3.63, 3.8) is 0 Å². The first-order valence-corrected chi connectivity index (χ1v) is 6.07. The molecule has 0 saturated carbocycles. The Morgan fingerprint density at radius 3 is 2.89 bits per heavy atom. The van der Waals surface area contributed by atoms with E-state index < -0.39 is 0 Å². The molecule has 1 aromatic rings. The Kier molecular flexibility index (Phi) is 5.63. The fourth-order valence-corrected chi connectivity index (χ4v) is 2.56. The summed E-state index contributed by atoms with van der Waals surface area (Å²) in [6, 6.07) is 8.42. The predicted molar refractivity (Wildman–Crippen MR) is 74.2 cm³/mol. The summed E-state index contributed by atoms with van der Waals surface area (Å²) in [7, 11) is 1.46. The maximum absolute atomic E-state index is 11.8. The number of methoxy groups -OCH3 is 1. The van der Waals surface area contributed by atoms with Crippen LogP contribution in [0.4, 0.5) is 0 Å². The summed E-state index contributed by atoms with van der Waals surface area (Å²) in [6.07, 6.45) is 0.989. The van der Waals surface area contributed by atoms with Gasteiger partial charge in [-0.1, -0.05) is 29.8 Å². The highest BCUT2D eigenvalue weighted by Crippen LogP contribution is 2.31. The van der Waals surface area contributed by atoms with Crippen LogP contribution in [-0.2, 0) is 9.53 Å². The third-order valence-corrected chi connectivity index (χ3v) is 3.46. The highest BCUT2D eigenvalue weighted by atomic mass is 35.5. The fraction of sp³-hybridized carbons (Fsp3) is 0.500. The van der Waals surface area contributed by atoms with E-state index in [9.17, 15) is 4.79 Å². The standard InChI is InChI=1S/C14H19NO2.ClH/c1-10-4-3-5-11(8-10)12-6-7-15-9-13(12)14(16)17-2;/h3-5,8,12-13,15H,6-7,9H2,1-2H3;1H. The minimum atomic E-state index is -0.108. The Bertz CT molecular complexity index is 409. The molecule has 1 saturated heterocycles. The number of ether oxygens (including phenoxy) is 1. The number of benzene rings is 1. The fourth-order valence-electron chi connectivity index (χ4n) is 2.56. The van der Waals surface area contributed by atoms with Crippen molar-refractivity contribution in [1.82, 2.24) is 5.32 Å². The quantitative estimate of drug-likeness (QED) is 0.837. The van der Waals surface area contributed by atoms with Crippen LogP contribution in [0.1, 0.15) is 23.5 Å². The monoisotopic (exact) mass is 269 g/mol. The molecule has 2 rings (SSSR count). The third kappa shape index (κ3) is 3.24. The van der Waals surface area contributed by atoms with Gasteiger partial charge in [0.05, 0.1) is 13.0 Å². The lowest BCUT2D eigenvalue weighted by atomic mass is 9.81. The lowest BCUT2D eigenvalue weighted by Crippen LogP contribution is -2.40. The van der Waals surface area contributed by atoms with Gasteiger partial charge in [-0.3, -0.25) is 4.79 Å². The van der Waals surface area contributed by atoms with Crippen molar-refractivity contribution in [2.45, 2.75) is 19.3 Å². The zero-order valence-electron chi connectivity index (χ0n) is 10.8. The molecule has 1 N–H and O–H groups in total. The number of rotatable bonds is 2. The van der Waals surface area contributed by atoms with Crippen LogP contribution >= 0.6 is 12.4 Å². The molecule has 0 spiro atoms. The van der Waals surface area contributed by atoms with E-state index in [4.69, 9.17) is 4.74 Å². The molecule has 4 heteroatoms. The summed E-state index contributed by atoms with van der Waals surface area (Å²) in [4.78, 5) is 11.8. The first-order valence-electron chi connectivity index (χ1n) is 6.07. The number of nitrogens with one attached hydrogen (secondary N) is 1. The van der Waals surface area contributed by atoms with Gasteiger partial charge in [0, 0.05) is 6.54 Å². The molecule has 0 amide bonds. The number of aryl methyl sites for hydroxylation is 1. The Labute approximate surface area is 114 Å². The van der Waals surface area contributed by atoms with Gasteiger partial charge < -0.3 is 10.1 Å². The molecule has 0 aromatic heterocycles. The second-order valence-corrected chi connectivity index (χ2v) is 4.64. The average molecular weight is 270 g/mol. The van der Waals surface area contributed by atoms with Gasteiger partial charge in [0.2, 0.25) is 0 Å². The van der Waals surface area contributed by atoms with Crippen LogP contribution in [0.3, 0.4) is 0 Å². The van der Waals surface area contributed by atoms with Crippen LogP contribution in [-0.4, -0.2) is 26.2 Å². The molecule has 1 heterocycles. The van der Waals surface area contributed by atoms with Gasteiger partial charge in [0.1, 0.15) is 0 Å². The number of hydrogen-bond donors (Lipinski definition) is 1. The lowest BCUT2D eigenvalue weighted by molar-refractivity contribution is -0.146. The molecule has 1 aliphatic heterocycles. The number of piperidine rings is 1. The molecule has 0 bridgehead atoms. The van der Waals surface area contributed by atoms with Gasteiger partial charge in [0.25, 0.3) is 0 Å². The summed E-state index contributed by atoms with van der Waals surface area (Å²) in [6.45, 7) is 3.76. The van der Waals surface area contributed by atoms with Gasteiger partial charge in [-0.15, -0.1) is 12.4 Å². The molecule has 100 valence electrons. The van der Waals surface area contributed by atoms with Crippen molar-refractivity contribution in [1.29, 1.82) is 0 Å². The second kappa shape index (κ2) is 6.76. The number of halogens is 1. The van der Waals surface area contributed by atoms with Crippen molar-refractivity contribution in [3.8, 4) is 0 Å². The van der Waals surface area contributed by atoms with Crippen LogP contribution in [0.2, 0.25) is 0 Å². The van der Waals surface area contributed by atoms with Gasteiger partial charge in [-0.25, -0.2) is 0 Å². The molecule has 2 atom stereocenters. The topological polar surface area (TPSA) is 38.3 Å². The van der Waals surface area contributed by atoms with E-state index in [1.54, 1.807) is 0 Å². The largest absolute Gasteiger partial charge is 0.469 e. The van der Waals surface area contributed by atoms with Crippen molar-refractivity contribution >= 4 is 18.4 Å². The van der Waals surface area contributed by atoms with Gasteiger partial charge in [-0.05, 0) is 31.4 Å². The van der Waals surface area contributed by atoms with E-state index >= 15 is 0 Å². The lowest BCUT2D eigenvalue weighted by Gasteiger charge is -2.30. The van der Waals surface area contributed by atoms with Gasteiger partial charge in [0.15, 0.2) is 0 Å². The zero-order valence-corrected chi connectivity index (χ0v) is 11.6. The summed E-state index contributed by atoms with van der Waals surface area (Å²) in [5.74, 6) is 0.114. The molecule has 18 heavy (non-hydrogen) atoms. The summed E-state index contributed by atoms with van der Waals surface area (Å²) in [5, 5.41) is 3.26. The van der Waals surface area contributed by atoms with Crippen LogP contribution in [0, 0.1) is 12.8 Å². The Balaban J connectivity index is 0.00000162. The SMILES string of the molecule is COC(=O)C1CNCCC1c1cccc(C)c1.Cl. The molecule has 1 fully saturated rings. The van der Waals surface area contributed by atoms with Gasteiger partial charge in [-0.2, -0.15) is 0 Å². The van der Waals surface area contributed by atoms with Gasteiger partial charge >= 0.3 is 5.97 Å². The van der Waals surface area contributed by atoms with Crippen molar-refractivity contribution in [2.24, 2.45) is 5.92 Å². The van der Waals surface area contributed by atoms with E-state index in [1.807, 2.05) is 0 Å². The van der Waals surface area contributed by atoms with Crippen LogP contribution in [0.25, 0.3) is 0 Å². The second-order valence-electron chi connectivity index (χ2n) is 4.64. The number of esters is 1. The number of carbonyl (C=O) groups is 1. The van der Waals surface area contributed by atoms with E-state index in [2.05, 4.69) is 36.5 Å². The molecular formula is C14H20ClNO2. The molecule has 1 aliphatic rings. The smallest absolute Gasteiger partial charge is 0.310 e. The first-order chi connectivity index (χ1) is 8.22. The van der Waals surface area contributed by atoms with Crippen molar-refractivity contribution in [2.75, 3.05) is 20.2 Å². The summed E-state index contributed by atoms with van der Waals surface area (Å²) >= 11 is 0. The molecule has 3 nitrogen and oxygen atoms in total. The normalized spacial score (nSPS) is 23.0. The molecular weight excluding hydrogens is 250 g/mol. The van der Waals surface area contributed by atoms with E-state index in [0.29, 0.717) is 6.54 Å². The third-order valence-electron chi connectivity index (χ3n) is 3.46. The summed E-state index contributed by atoms with van der Waals surface area (Å²) < 4.78 is 4.89.